The first-order valence-corrected chi connectivity index (χ1v) is 14.4. The number of ether oxygens (including phenoxy) is 2. The standard InChI is InChI=1S/C31H43F2NO6/c1-16-12-18-19-14-21(32)20-13-17(35)8-9-28(20,6)30(19,33)22(36)15-29(18,7)31(16,25(38)39-11-10-34)40-24(37)23-26(2,3)27(23,4)5/h8-9,13,16,18-19,21-23,36H,10-12,14-15,34H2,1-7H3/t16-,18+,19+,21+,22+,28+,29+,30+,31+/m1/s1. The van der Waals surface area contributed by atoms with Crippen molar-refractivity contribution in [1.82, 2.24) is 0 Å². The maximum Gasteiger partial charge on any atom is 0.351 e. The van der Waals surface area contributed by atoms with Crippen LogP contribution in [-0.2, 0) is 23.9 Å². The van der Waals surface area contributed by atoms with Gasteiger partial charge in [0.05, 0.1) is 12.0 Å². The maximum atomic E-state index is 17.6. The second-order valence-electron chi connectivity index (χ2n) is 14.5. The SMILES string of the molecule is C[C@@H]1C[C@H]2[C@@H]3C[C@H](F)C4=CC(=O)C=C[C@]4(C)[C@@]3(F)[C@@H](O)C[C@]2(C)[C@@]1(OC(=O)C1C(C)(C)C1(C)C)C(=O)OCCN. The van der Waals surface area contributed by atoms with Gasteiger partial charge in [-0.15, -0.1) is 0 Å². The minimum Gasteiger partial charge on any atom is -0.461 e. The van der Waals surface area contributed by atoms with Crippen molar-refractivity contribution >= 4 is 17.7 Å². The summed E-state index contributed by atoms with van der Waals surface area (Å²) in [6.07, 6.45) is 0.333. The monoisotopic (exact) mass is 563 g/mol. The molecule has 5 aliphatic rings. The van der Waals surface area contributed by atoms with Gasteiger partial charge in [0, 0.05) is 29.2 Å². The summed E-state index contributed by atoms with van der Waals surface area (Å²) >= 11 is 0. The Morgan fingerprint density at radius 1 is 1.10 bits per heavy atom. The maximum absolute atomic E-state index is 17.6. The smallest absolute Gasteiger partial charge is 0.351 e. The third-order valence-electron chi connectivity index (χ3n) is 12.3. The highest BCUT2D eigenvalue weighted by atomic mass is 19.1. The van der Waals surface area contributed by atoms with Crippen LogP contribution in [0.3, 0.4) is 0 Å². The predicted molar refractivity (Wildman–Crippen MR) is 143 cm³/mol. The van der Waals surface area contributed by atoms with E-state index < -0.39 is 75.8 Å². The molecule has 0 aromatic carbocycles. The van der Waals surface area contributed by atoms with E-state index in [1.165, 1.54) is 19.1 Å². The van der Waals surface area contributed by atoms with Crippen LogP contribution in [0.2, 0.25) is 0 Å². The van der Waals surface area contributed by atoms with Gasteiger partial charge < -0.3 is 20.3 Å². The van der Waals surface area contributed by atoms with Gasteiger partial charge in [0.2, 0.25) is 5.60 Å². The number of hydrogen-bond donors (Lipinski definition) is 2. The highest BCUT2D eigenvalue weighted by molar-refractivity contribution is 6.01. The molecular formula is C31H43F2NO6. The molecule has 0 heterocycles. The summed E-state index contributed by atoms with van der Waals surface area (Å²) < 4.78 is 45.2. The fourth-order valence-electron chi connectivity index (χ4n) is 9.48. The first kappa shape index (κ1) is 29.4. The van der Waals surface area contributed by atoms with Crippen molar-refractivity contribution in [3.8, 4) is 0 Å². The molecule has 5 rings (SSSR count). The van der Waals surface area contributed by atoms with Gasteiger partial charge in [-0.2, -0.15) is 0 Å². The summed E-state index contributed by atoms with van der Waals surface area (Å²) in [4.78, 5) is 39.9. The number of alkyl halides is 2. The Balaban J connectivity index is 1.61. The van der Waals surface area contributed by atoms with E-state index >= 15 is 8.78 Å². The highest BCUT2D eigenvalue weighted by Crippen LogP contribution is 2.73. The van der Waals surface area contributed by atoms with Crippen molar-refractivity contribution in [2.45, 2.75) is 91.3 Å². The van der Waals surface area contributed by atoms with Crippen molar-refractivity contribution in [3.63, 3.8) is 0 Å². The van der Waals surface area contributed by atoms with E-state index in [0.29, 0.717) is 0 Å². The Labute approximate surface area is 234 Å². The van der Waals surface area contributed by atoms with Crippen LogP contribution in [0, 0.1) is 45.3 Å². The number of hydrogen-bond acceptors (Lipinski definition) is 7. The van der Waals surface area contributed by atoms with Gasteiger partial charge in [0.25, 0.3) is 0 Å². The molecule has 0 aromatic rings. The lowest BCUT2D eigenvalue weighted by Gasteiger charge is -2.63. The average Bonchev–Trinajstić information content (AvgIpc) is 3.17. The van der Waals surface area contributed by atoms with Crippen LogP contribution >= 0.6 is 0 Å². The number of ketones is 1. The molecular weight excluding hydrogens is 520 g/mol. The minimum atomic E-state index is -2.30. The molecule has 0 aromatic heterocycles. The van der Waals surface area contributed by atoms with Crippen molar-refractivity contribution in [3.05, 3.63) is 23.8 Å². The average molecular weight is 564 g/mol. The third-order valence-corrected chi connectivity index (χ3v) is 12.3. The van der Waals surface area contributed by atoms with Crippen LogP contribution < -0.4 is 5.73 Å². The second kappa shape index (κ2) is 8.69. The summed E-state index contributed by atoms with van der Waals surface area (Å²) in [7, 11) is 0. The molecule has 222 valence electrons. The summed E-state index contributed by atoms with van der Waals surface area (Å²) in [6, 6.07) is 0. The van der Waals surface area contributed by atoms with Crippen LogP contribution in [0.25, 0.3) is 0 Å². The topological polar surface area (TPSA) is 116 Å². The van der Waals surface area contributed by atoms with Crippen LogP contribution in [-0.4, -0.2) is 59.5 Å². The molecule has 0 spiro atoms. The van der Waals surface area contributed by atoms with Gasteiger partial charge >= 0.3 is 11.9 Å². The number of rotatable bonds is 5. The fraction of sp³-hybridized carbons (Fsp3) is 0.774. The van der Waals surface area contributed by atoms with Gasteiger partial charge in [-0.1, -0.05) is 47.6 Å². The number of nitrogens with two attached hydrogens (primary N) is 1. The number of allylic oxidation sites excluding steroid dienone is 4. The van der Waals surface area contributed by atoms with Crippen LogP contribution in [0.1, 0.15) is 67.7 Å². The van der Waals surface area contributed by atoms with E-state index in [9.17, 15) is 19.5 Å². The summed E-state index contributed by atoms with van der Waals surface area (Å²) in [5.74, 6) is -4.39. The lowest BCUT2D eigenvalue weighted by molar-refractivity contribution is -0.240. The highest BCUT2D eigenvalue weighted by Gasteiger charge is 2.80. The van der Waals surface area contributed by atoms with Gasteiger partial charge in [0.15, 0.2) is 11.5 Å². The van der Waals surface area contributed by atoms with Crippen molar-refractivity contribution in [2.75, 3.05) is 13.2 Å². The molecule has 9 atom stereocenters. The van der Waals surface area contributed by atoms with E-state index in [1.807, 2.05) is 27.7 Å². The number of aliphatic hydroxyl groups is 1. The van der Waals surface area contributed by atoms with E-state index in [-0.39, 0.29) is 48.8 Å². The number of fused-ring (bicyclic) bond motifs is 5. The normalized spacial score (nSPS) is 46.5. The molecule has 0 amide bonds. The zero-order valence-electron chi connectivity index (χ0n) is 24.6. The van der Waals surface area contributed by atoms with Gasteiger partial charge in [0.1, 0.15) is 12.8 Å². The lowest BCUT2D eigenvalue weighted by Crippen LogP contribution is -2.71. The zero-order chi connectivity index (χ0) is 29.8. The molecule has 0 aliphatic heterocycles. The van der Waals surface area contributed by atoms with E-state index in [1.54, 1.807) is 13.8 Å². The second-order valence-corrected chi connectivity index (χ2v) is 14.5. The Kier molecular flexibility index (Phi) is 6.38. The molecule has 5 aliphatic carbocycles. The molecule has 4 fully saturated rings. The van der Waals surface area contributed by atoms with Crippen molar-refractivity contribution < 1.29 is 37.7 Å². The number of carbonyl (C=O) groups excluding carboxylic acids is 3. The van der Waals surface area contributed by atoms with Gasteiger partial charge in [-0.25, -0.2) is 13.6 Å². The first-order chi connectivity index (χ1) is 18.4. The molecule has 0 bridgehead atoms. The fourth-order valence-corrected chi connectivity index (χ4v) is 9.48. The first-order valence-electron chi connectivity index (χ1n) is 14.4. The molecule has 7 nitrogen and oxygen atoms in total. The molecule has 40 heavy (non-hydrogen) atoms. The zero-order valence-corrected chi connectivity index (χ0v) is 24.6. The number of aliphatic hydroxyl groups excluding tert-OH is 1. The molecule has 0 unspecified atom stereocenters. The molecule has 9 heteroatoms. The molecule has 0 radical (unpaired) electrons. The summed E-state index contributed by atoms with van der Waals surface area (Å²) in [5.41, 5.74) is -1.97. The summed E-state index contributed by atoms with van der Waals surface area (Å²) in [5, 5.41) is 11.7. The van der Waals surface area contributed by atoms with Gasteiger partial charge in [-0.05, 0) is 60.7 Å². The van der Waals surface area contributed by atoms with Crippen molar-refractivity contribution in [2.24, 2.45) is 51.1 Å². The number of carbonyl (C=O) groups is 3. The third kappa shape index (κ3) is 3.31. The quantitative estimate of drug-likeness (QED) is 0.486. The Morgan fingerprint density at radius 3 is 2.30 bits per heavy atom. The largest absolute Gasteiger partial charge is 0.461 e. The Morgan fingerprint density at radius 2 is 1.73 bits per heavy atom. The van der Waals surface area contributed by atoms with Gasteiger partial charge in [-0.3, -0.25) is 9.59 Å². The predicted octanol–water partition coefficient (Wildman–Crippen LogP) is 4.02. The van der Waals surface area contributed by atoms with Crippen LogP contribution in [0.5, 0.6) is 0 Å². The number of esters is 2. The van der Waals surface area contributed by atoms with E-state index in [2.05, 4.69) is 0 Å². The molecule has 3 N–H and O–H groups in total. The number of halogens is 2. The molecule has 4 saturated carbocycles. The Hall–Kier alpha value is -2.13. The van der Waals surface area contributed by atoms with Crippen LogP contribution in [0.15, 0.2) is 23.8 Å². The summed E-state index contributed by atoms with van der Waals surface area (Å²) in [6.45, 7) is 12.9. The minimum absolute atomic E-state index is 0.0330. The van der Waals surface area contributed by atoms with Crippen LogP contribution in [0.4, 0.5) is 8.78 Å². The van der Waals surface area contributed by atoms with E-state index in [4.69, 9.17) is 15.2 Å². The van der Waals surface area contributed by atoms with Crippen molar-refractivity contribution in [1.29, 1.82) is 0 Å². The molecule has 0 saturated heterocycles. The lowest BCUT2D eigenvalue weighted by atomic mass is 9.44. The Bertz CT molecular complexity index is 1200. The van der Waals surface area contributed by atoms with E-state index in [0.717, 1.165) is 6.08 Å².